The molecule has 1 aromatic carbocycles. The number of nitrogens with zero attached hydrogens (tertiary/aromatic N) is 5. The first-order valence-electron chi connectivity index (χ1n) is 8.91. The molecule has 29 heavy (non-hydrogen) atoms. The van der Waals surface area contributed by atoms with Crippen molar-refractivity contribution in [2.45, 2.75) is 20.4 Å². The summed E-state index contributed by atoms with van der Waals surface area (Å²) in [6.07, 6.45) is 1.76. The number of fused-ring (bicyclic) bond motifs is 1. The number of aryl methyl sites for hydroxylation is 2. The molecule has 3 N–H and O–H groups in total. The van der Waals surface area contributed by atoms with Crippen LogP contribution >= 0.6 is 0 Å². The molecule has 0 spiro atoms. The zero-order valence-electron chi connectivity index (χ0n) is 15.8. The summed E-state index contributed by atoms with van der Waals surface area (Å²) < 4.78 is 15.1. The van der Waals surface area contributed by atoms with E-state index in [2.05, 4.69) is 25.5 Å². The molecule has 0 saturated carbocycles. The zero-order chi connectivity index (χ0) is 20.5. The van der Waals surface area contributed by atoms with Crippen molar-refractivity contribution in [3.05, 3.63) is 70.9 Å². The number of primary amides is 1. The summed E-state index contributed by atoms with van der Waals surface area (Å²) in [5.74, 6) is 0.0188. The lowest BCUT2D eigenvalue weighted by Gasteiger charge is -2.10. The van der Waals surface area contributed by atoms with Gasteiger partial charge in [-0.2, -0.15) is 0 Å². The van der Waals surface area contributed by atoms with E-state index in [4.69, 9.17) is 5.73 Å². The van der Waals surface area contributed by atoms with Crippen molar-refractivity contribution in [3.8, 4) is 11.5 Å². The van der Waals surface area contributed by atoms with Crippen LogP contribution in [0.5, 0.6) is 0 Å². The number of imidazole rings is 1. The predicted octanol–water partition coefficient (Wildman–Crippen LogP) is 2.65. The minimum atomic E-state index is -0.562. The maximum atomic E-state index is 13.4. The third-order valence-electron chi connectivity index (χ3n) is 4.51. The number of carbonyl (C=O) groups is 1. The molecule has 3 heterocycles. The molecule has 0 fully saturated rings. The van der Waals surface area contributed by atoms with Gasteiger partial charge in [0.1, 0.15) is 22.9 Å². The number of hydrogen-bond donors (Lipinski definition) is 2. The molecule has 0 radical (unpaired) electrons. The normalized spacial score (nSPS) is 11.0. The van der Waals surface area contributed by atoms with Crippen molar-refractivity contribution in [3.63, 3.8) is 0 Å². The molecule has 0 saturated heterocycles. The van der Waals surface area contributed by atoms with Gasteiger partial charge in [-0.25, -0.2) is 14.4 Å². The number of amides is 1. The number of rotatable bonds is 5. The Bertz CT molecular complexity index is 1230. The number of nitrogens with two attached hydrogens (primary N) is 1. The van der Waals surface area contributed by atoms with Crippen molar-refractivity contribution in [1.82, 2.24) is 24.6 Å². The molecule has 9 heteroatoms. The first-order valence-corrected chi connectivity index (χ1v) is 8.91. The molecule has 0 aliphatic carbocycles. The summed E-state index contributed by atoms with van der Waals surface area (Å²) in [5.41, 5.74) is 8.84. The lowest BCUT2D eigenvalue weighted by atomic mass is 10.2. The highest BCUT2D eigenvalue weighted by atomic mass is 19.1. The maximum Gasteiger partial charge on any atom is 0.252 e. The second-order valence-electron chi connectivity index (χ2n) is 6.58. The lowest BCUT2D eigenvalue weighted by Crippen LogP contribution is -2.12. The van der Waals surface area contributed by atoms with Crippen LogP contribution in [-0.2, 0) is 6.54 Å². The molecular weight excluding hydrogens is 373 g/mol. The van der Waals surface area contributed by atoms with Crippen LogP contribution in [0.25, 0.3) is 17.2 Å². The Morgan fingerprint density at radius 3 is 2.72 bits per heavy atom. The smallest absolute Gasteiger partial charge is 0.252 e. The highest BCUT2D eigenvalue weighted by molar-refractivity contribution is 5.99. The third-order valence-corrected chi connectivity index (χ3v) is 4.51. The van der Waals surface area contributed by atoms with Crippen molar-refractivity contribution in [1.29, 1.82) is 0 Å². The summed E-state index contributed by atoms with van der Waals surface area (Å²) in [7, 11) is 0. The average Bonchev–Trinajstić information content (AvgIpc) is 3.03. The lowest BCUT2D eigenvalue weighted by molar-refractivity contribution is 0.100. The van der Waals surface area contributed by atoms with E-state index in [1.807, 2.05) is 6.07 Å². The second kappa shape index (κ2) is 7.27. The first kappa shape index (κ1) is 18.5. The van der Waals surface area contributed by atoms with Crippen LogP contribution in [0, 0.1) is 19.7 Å². The van der Waals surface area contributed by atoms with Crippen LogP contribution in [0.4, 0.5) is 10.2 Å². The molecule has 0 bridgehead atoms. The van der Waals surface area contributed by atoms with Gasteiger partial charge in [-0.1, -0.05) is 12.1 Å². The number of benzene rings is 1. The van der Waals surface area contributed by atoms with E-state index in [1.54, 1.807) is 42.6 Å². The number of pyridine rings is 1. The Morgan fingerprint density at radius 2 is 1.97 bits per heavy atom. The molecule has 0 atom stereocenters. The monoisotopic (exact) mass is 391 g/mol. The number of anilines is 1. The third kappa shape index (κ3) is 3.49. The minimum Gasteiger partial charge on any atom is -0.365 e. The van der Waals surface area contributed by atoms with E-state index in [-0.39, 0.29) is 5.82 Å². The van der Waals surface area contributed by atoms with Gasteiger partial charge in [-0.05, 0) is 43.7 Å². The Labute approximate surface area is 165 Å². The topological polar surface area (TPSA) is 111 Å². The summed E-state index contributed by atoms with van der Waals surface area (Å²) in [4.78, 5) is 20.7. The molecule has 4 aromatic rings. The van der Waals surface area contributed by atoms with Crippen molar-refractivity contribution < 1.29 is 9.18 Å². The van der Waals surface area contributed by atoms with Gasteiger partial charge in [0.2, 0.25) is 5.82 Å². The fourth-order valence-corrected chi connectivity index (χ4v) is 3.12. The van der Waals surface area contributed by atoms with E-state index in [0.717, 1.165) is 5.56 Å². The second-order valence-corrected chi connectivity index (χ2v) is 6.58. The first-order chi connectivity index (χ1) is 13.9. The highest BCUT2D eigenvalue weighted by Crippen LogP contribution is 2.24. The zero-order valence-corrected chi connectivity index (χ0v) is 15.8. The van der Waals surface area contributed by atoms with E-state index in [9.17, 15) is 9.18 Å². The SMILES string of the molecule is Cc1nnc(-c2c(C)nc3c(C(N)=O)cccn23)nc1NCc1cccc(F)c1. The molecule has 146 valence electrons. The van der Waals surface area contributed by atoms with Gasteiger partial charge in [-0.15, -0.1) is 10.2 Å². The summed E-state index contributed by atoms with van der Waals surface area (Å²) in [6, 6.07) is 9.66. The largest absolute Gasteiger partial charge is 0.365 e. The van der Waals surface area contributed by atoms with Gasteiger partial charge in [-0.3, -0.25) is 9.20 Å². The molecule has 0 aliphatic heterocycles. The molecule has 3 aromatic heterocycles. The van der Waals surface area contributed by atoms with E-state index in [0.29, 0.717) is 46.5 Å². The molecule has 8 nitrogen and oxygen atoms in total. The number of nitrogens with one attached hydrogen (secondary N) is 1. The van der Waals surface area contributed by atoms with Crippen LogP contribution in [-0.4, -0.2) is 30.5 Å². The fourth-order valence-electron chi connectivity index (χ4n) is 3.12. The van der Waals surface area contributed by atoms with Gasteiger partial charge in [0.05, 0.1) is 11.3 Å². The minimum absolute atomic E-state index is 0.297. The number of hydrogen-bond acceptors (Lipinski definition) is 6. The van der Waals surface area contributed by atoms with Crippen molar-refractivity contribution >= 4 is 17.4 Å². The van der Waals surface area contributed by atoms with Gasteiger partial charge < -0.3 is 11.1 Å². The number of carbonyl (C=O) groups excluding carboxylic acids is 1. The van der Waals surface area contributed by atoms with Crippen molar-refractivity contribution in [2.24, 2.45) is 5.73 Å². The Balaban J connectivity index is 1.73. The summed E-state index contributed by atoms with van der Waals surface area (Å²) in [6.45, 7) is 3.97. The van der Waals surface area contributed by atoms with E-state index < -0.39 is 5.91 Å². The quantitative estimate of drug-likeness (QED) is 0.541. The molecule has 0 aliphatic rings. The average molecular weight is 391 g/mol. The van der Waals surface area contributed by atoms with Crippen LogP contribution in [0.15, 0.2) is 42.6 Å². The van der Waals surface area contributed by atoms with Crippen LogP contribution in [0.2, 0.25) is 0 Å². The van der Waals surface area contributed by atoms with E-state index >= 15 is 0 Å². The highest BCUT2D eigenvalue weighted by Gasteiger charge is 2.19. The van der Waals surface area contributed by atoms with Gasteiger partial charge in [0.25, 0.3) is 5.91 Å². The molecule has 0 unspecified atom stereocenters. The Morgan fingerprint density at radius 1 is 1.14 bits per heavy atom. The maximum absolute atomic E-state index is 13.4. The Kier molecular flexibility index (Phi) is 4.63. The van der Waals surface area contributed by atoms with Crippen molar-refractivity contribution in [2.75, 3.05) is 5.32 Å². The van der Waals surface area contributed by atoms with E-state index in [1.165, 1.54) is 12.1 Å². The summed E-state index contributed by atoms with van der Waals surface area (Å²) >= 11 is 0. The fraction of sp³-hybridized carbons (Fsp3) is 0.150. The molecular formula is C20H18FN7O. The predicted molar refractivity (Wildman–Crippen MR) is 106 cm³/mol. The van der Waals surface area contributed by atoms with Gasteiger partial charge in [0.15, 0.2) is 5.82 Å². The van der Waals surface area contributed by atoms with Crippen LogP contribution in [0.3, 0.4) is 0 Å². The molecule has 4 rings (SSSR count). The van der Waals surface area contributed by atoms with Gasteiger partial charge in [0, 0.05) is 12.7 Å². The van der Waals surface area contributed by atoms with Crippen LogP contribution in [0.1, 0.15) is 27.3 Å². The number of halogens is 1. The Hall–Kier alpha value is -3.88. The number of aromatic nitrogens is 5. The standard InChI is InChI=1S/C20H18FN7O/c1-11-16(28-8-4-7-15(17(22)29)20(28)24-11)19-25-18(12(2)26-27-19)23-10-13-5-3-6-14(21)9-13/h3-9H,10H2,1-2H3,(H2,22,29)(H,23,25,27). The van der Waals surface area contributed by atoms with Gasteiger partial charge >= 0.3 is 0 Å². The van der Waals surface area contributed by atoms with Crippen LogP contribution < -0.4 is 11.1 Å². The summed E-state index contributed by atoms with van der Waals surface area (Å²) in [5, 5.41) is 11.6. The molecule has 1 amide bonds.